The zero-order valence-corrected chi connectivity index (χ0v) is 11.5. The molecule has 1 N–H and O–H groups in total. The molecule has 0 saturated carbocycles. The van der Waals surface area contributed by atoms with Crippen LogP contribution in [-0.2, 0) is 11.0 Å². The summed E-state index contributed by atoms with van der Waals surface area (Å²) in [5, 5.41) is 10.2. The van der Waals surface area contributed by atoms with Crippen molar-refractivity contribution in [2.75, 3.05) is 5.75 Å². The number of nitrogens with zero attached hydrogens (tertiary/aromatic N) is 1. The summed E-state index contributed by atoms with van der Waals surface area (Å²) in [7, 11) is 0. The molecule has 2 aromatic rings. The van der Waals surface area contributed by atoms with Crippen LogP contribution in [0.2, 0.25) is 0 Å². The van der Waals surface area contributed by atoms with Crippen LogP contribution in [0, 0.1) is 0 Å². The van der Waals surface area contributed by atoms with E-state index in [1.54, 1.807) is 5.38 Å². The van der Waals surface area contributed by atoms with E-state index in [1.165, 1.54) is 23.5 Å². The van der Waals surface area contributed by atoms with E-state index >= 15 is 0 Å². The largest absolute Gasteiger partial charge is 0.481 e. The zero-order chi connectivity index (χ0) is 14.8. The van der Waals surface area contributed by atoms with Gasteiger partial charge in [0, 0.05) is 10.9 Å². The van der Waals surface area contributed by atoms with E-state index in [1.807, 2.05) is 0 Å². The van der Waals surface area contributed by atoms with Crippen molar-refractivity contribution in [2.45, 2.75) is 10.5 Å². The fourth-order valence-corrected chi connectivity index (χ4v) is 2.99. The monoisotopic (exact) mass is 319 g/mol. The van der Waals surface area contributed by atoms with Crippen molar-refractivity contribution >= 4 is 29.1 Å². The van der Waals surface area contributed by atoms with Gasteiger partial charge in [-0.2, -0.15) is 13.2 Å². The van der Waals surface area contributed by atoms with Gasteiger partial charge in [0.05, 0.1) is 17.0 Å². The lowest BCUT2D eigenvalue weighted by Gasteiger charge is -2.07. The van der Waals surface area contributed by atoms with Crippen LogP contribution in [0.3, 0.4) is 0 Å². The summed E-state index contributed by atoms with van der Waals surface area (Å²) in [6.07, 6.45) is -4.40. The molecule has 0 amide bonds. The van der Waals surface area contributed by atoms with Gasteiger partial charge in [-0.25, -0.2) is 4.98 Å². The van der Waals surface area contributed by atoms with Gasteiger partial charge in [0.25, 0.3) is 0 Å². The number of rotatable bonds is 4. The summed E-state index contributed by atoms with van der Waals surface area (Å²) in [6, 6.07) is 4.88. The van der Waals surface area contributed by atoms with E-state index in [-0.39, 0.29) is 5.75 Å². The average molecular weight is 319 g/mol. The van der Waals surface area contributed by atoms with Crippen LogP contribution in [0.1, 0.15) is 5.56 Å². The summed E-state index contributed by atoms with van der Waals surface area (Å²) in [5.74, 6) is -1.10. The molecule has 1 heterocycles. The van der Waals surface area contributed by atoms with E-state index < -0.39 is 17.7 Å². The predicted molar refractivity (Wildman–Crippen MR) is 70.9 cm³/mol. The lowest BCUT2D eigenvalue weighted by molar-refractivity contribution is -0.137. The minimum atomic E-state index is -4.40. The van der Waals surface area contributed by atoms with Crippen molar-refractivity contribution in [1.29, 1.82) is 0 Å². The Morgan fingerprint density at radius 1 is 1.40 bits per heavy atom. The number of thioether (sulfide) groups is 1. The quantitative estimate of drug-likeness (QED) is 0.865. The minimum absolute atomic E-state index is 0.129. The van der Waals surface area contributed by atoms with Gasteiger partial charge < -0.3 is 5.11 Å². The average Bonchev–Trinajstić information content (AvgIpc) is 2.84. The number of hydrogen-bond acceptors (Lipinski definition) is 4. The van der Waals surface area contributed by atoms with Crippen LogP contribution in [-0.4, -0.2) is 21.8 Å². The Bertz CT molecular complexity index is 625. The first-order chi connectivity index (χ1) is 9.36. The fraction of sp³-hybridized carbons (Fsp3) is 0.167. The highest BCUT2D eigenvalue weighted by Gasteiger charge is 2.30. The molecule has 8 heteroatoms. The third-order valence-corrected chi connectivity index (χ3v) is 4.29. The molecule has 2 rings (SSSR count). The maximum absolute atomic E-state index is 12.6. The minimum Gasteiger partial charge on any atom is -0.481 e. The number of carbonyl (C=O) groups is 1. The Morgan fingerprint density at radius 3 is 2.80 bits per heavy atom. The van der Waals surface area contributed by atoms with Gasteiger partial charge in [-0.05, 0) is 12.1 Å². The van der Waals surface area contributed by atoms with Crippen LogP contribution >= 0.6 is 23.1 Å². The molecule has 1 aromatic carbocycles. The predicted octanol–water partition coefficient (Wildman–Crippen LogP) is 4.01. The van der Waals surface area contributed by atoms with Crippen molar-refractivity contribution in [3.8, 4) is 11.3 Å². The molecular formula is C12H8F3NO2S2. The molecular weight excluding hydrogens is 311 g/mol. The lowest BCUT2D eigenvalue weighted by atomic mass is 10.1. The normalized spacial score (nSPS) is 11.6. The van der Waals surface area contributed by atoms with Crippen molar-refractivity contribution in [1.82, 2.24) is 4.98 Å². The molecule has 0 aliphatic heterocycles. The second kappa shape index (κ2) is 5.84. The van der Waals surface area contributed by atoms with Gasteiger partial charge in [0.15, 0.2) is 4.34 Å². The van der Waals surface area contributed by atoms with Gasteiger partial charge in [-0.1, -0.05) is 23.9 Å². The SMILES string of the molecule is O=C(O)CSc1nc(-c2cccc(C(F)(F)F)c2)cs1. The molecule has 0 aliphatic rings. The van der Waals surface area contributed by atoms with Gasteiger partial charge in [0.2, 0.25) is 0 Å². The molecule has 0 atom stereocenters. The Kier molecular flexibility index (Phi) is 4.34. The summed E-state index contributed by atoms with van der Waals surface area (Å²) in [5.41, 5.74) is 0.0370. The standard InChI is InChI=1S/C12H8F3NO2S2/c13-12(14,15)8-3-1-2-7(4-8)9-5-19-11(16-9)20-6-10(17)18/h1-5H,6H2,(H,17,18). The molecule has 0 radical (unpaired) electrons. The smallest absolute Gasteiger partial charge is 0.416 e. The second-order valence-electron chi connectivity index (χ2n) is 3.76. The first-order valence-electron chi connectivity index (χ1n) is 5.34. The Hall–Kier alpha value is -1.54. The summed E-state index contributed by atoms with van der Waals surface area (Å²) >= 11 is 2.25. The topological polar surface area (TPSA) is 50.2 Å². The molecule has 0 fully saturated rings. The van der Waals surface area contributed by atoms with E-state index in [9.17, 15) is 18.0 Å². The third kappa shape index (κ3) is 3.73. The second-order valence-corrected chi connectivity index (χ2v) is 5.84. The summed E-state index contributed by atoms with van der Waals surface area (Å²) in [4.78, 5) is 14.6. The maximum Gasteiger partial charge on any atom is 0.416 e. The number of hydrogen-bond donors (Lipinski definition) is 1. The molecule has 0 saturated heterocycles. The highest BCUT2D eigenvalue weighted by Crippen LogP contribution is 2.33. The Balaban J connectivity index is 2.22. The van der Waals surface area contributed by atoms with Crippen molar-refractivity contribution in [2.24, 2.45) is 0 Å². The van der Waals surface area contributed by atoms with Gasteiger partial charge in [-0.15, -0.1) is 11.3 Å². The first kappa shape index (κ1) is 14.9. The lowest BCUT2D eigenvalue weighted by Crippen LogP contribution is -2.04. The molecule has 20 heavy (non-hydrogen) atoms. The Labute approximate surface area is 120 Å². The number of carboxylic acids is 1. The first-order valence-corrected chi connectivity index (χ1v) is 7.20. The van der Waals surface area contributed by atoms with E-state index in [2.05, 4.69) is 4.98 Å². The highest BCUT2D eigenvalue weighted by molar-refractivity contribution is 8.01. The Morgan fingerprint density at radius 2 is 2.15 bits per heavy atom. The van der Waals surface area contributed by atoms with E-state index in [0.717, 1.165) is 23.9 Å². The fourth-order valence-electron chi connectivity index (χ4n) is 1.43. The van der Waals surface area contributed by atoms with Gasteiger partial charge in [0.1, 0.15) is 0 Å². The third-order valence-electron chi connectivity index (χ3n) is 2.29. The molecule has 106 valence electrons. The number of alkyl halides is 3. The van der Waals surface area contributed by atoms with Crippen LogP contribution in [0.15, 0.2) is 34.0 Å². The number of thiazole rings is 1. The molecule has 1 aromatic heterocycles. The van der Waals surface area contributed by atoms with Crippen LogP contribution in [0.4, 0.5) is 13.2 Å². The van der Waals surface area contributed by atoms with Crippen molar-refractivity contribution in [3.63, 3.8) is 0 Å². The number of benzene rings is 1. The van der Waals surface area contributed by atoms with E-state index in [0.29, 0.717) is 15.6 Å². The molecule has 0 unspecified atom stereocenters. The molecule has 3 nitrogen and oxygen atoms in total. The zero-order valence-electron chi connectivity index (χ0n) is 9.85. The number of aromatic nitrogens is 1. The highest BCUT2D eigenvalue weighted by atomic mass is 32.2. The summed E-state index contributed by atoms with van der Waals surface area (Å²) in [6.45, 7) is 0. The van der Waals surface area contributed by atoms with Gasteiger partial charge in [-0.3, -0.25) is 4.79 Å². The van der Waals surface area contributed by atoms with Crippen LogP contribution in [0.25, 0.3) is 11.3 Å². The van der Waals surface area contributed by atoms with Crippen LogP contribution in [0.5, 0.6) is 0 Å². The number of aliphatic carboxylic acids is 1. The maximum atomic E-state index is 12.6. The molecule has 0 aliphatic carbocycles. The number of halogens is 3. The van der Waals surface area contributed by atoms with E-state index in [4.69, 9.17) is 5.11 Å². The van der Waals surface area contributed by atoms with Gasteiger partial charge >= 0.3 is 12.1 Å². The summed E-state index contributed by atoms with van der Waals surface area (Å²) < 4.78 is 38.3. The number of carboxylic acid groups (broad SMARTS) is 1. The molecule has 0 spiro atoms. The van der Waals surface area contributed by atoms with Crippen molar-refractivity contribution in [3.05, 3.63) is 35.2 Å². The van der Waals surface area contributed by atoms with Crippen LogP contribution < -0.4 is 0 Å². The molecule has 0 bridgehead atoms. The van der Waals surface area contributed by atoms with Crippen molar-refractivity contribution < 1.29 is 23.1 Å².